The van der Waals surface area contributed by atoms with E-state index in [2.05, 4.69) is 51.8 Å². The fourth-order valence-corrected chi connectivity index (χ4v) is 3.87. The SMILES string of the molecule is CN=C(NCCCOCCOC)NCC1CCCN(C)C1c1ccc(OC)cc1.I. The first-order chi connectivity index (χ1) is 14.2. The second kappa shape index (κ2) is 15.7. The first-order valence-electron chi connectivity index (χ1n) is 10.5. The smallest absolute Gasteiger partial charge is 0.190 e. The predicted octanol–water partition coefficient (Wildman–Crippen LogP) is 2.91. The average molecular weight is 534 g/mol. The second-order valence-electron chi connectivity index (χ2n) is 7.44. The highest BCUT2D eigenvalue weighted by Gasteiger charge is 2.30. The highest BCUT2D eigenvalue weighted by atomic mass is 127. The fourth-order valence-electron chi connectivity index (χ4n) is 3.87. The minimum atomic E-state index is 0. The summed E-state index contributed by atoms with van der Waals surface area (Å²) in [7, 11) is 7.43. The van der Waals surface area contributed by atoms with Crippen LogP contribution in [-0.2, 0) is 9.47 Å². The first kappa shape index (κ1) is 26.9. The van der Waals surface area contributed by atoms with Crippen LogP contribution in [0, 0.1) is 5.92 Å². The van der Waals surface area contributed by atoms with Crippen molar-refractivity contribution in [1.82, 2.24) is 15.5 Å². The Kier molecular flexibility index (Phi) is 14.1. The van der Waals surface area contributed by atoms with Crippen molar-refractivity contribution in [3.8, 4) is 5.75 Å². The van der Waals surface area contributed by atoms with E-state index >= 15 is 0 Å². The molecule has 1 aliphatic rings. The van der Waals surface area contributed by atoms with Gasteiger partial charge in [0.1, 0.15) is 5.75 Å². The number of methoxy groups -OCH3 is 2. The molecule has 1 saturated heterocycles. The molecule has 1 heterocycles. The van der Waals surface area contributed by atoms with Gasteiger partial charge in [-0.15, -0.1) is 24.0 Å². The molecule has 2 unspecified atom stereocenters. The molecule has 0 saturated carbocycles. The molecule has 2 N–H and O–H groups in total. The van der Waals surface area contributed by atoms with Crippen LogP contribution in [0.1, 0.15) is 30.9 Å². The maximum absolute atomic E-state index is 5.50. The van der Waals surface area contributed by atoms with Crippen molar-refractivity contribution in [3.63, 3.8) is 0 Å². The molecule has 1 aliphatic heterocycles. The lowest BCUT2D eigenvalue weighted by Gasteiger charge is -2.40. The topological polar surface area (TPSA) is 67.4 Å². The largest absolute Gasteiger partial charge is 0.497 e. The van der Waals surface area contributed by atoms with Gasteiger partial charge in [0.2, 0.25) is 0 Å². The molecule has 0 aliphatic carbocycles. The molecule has 1 aromatic carbocycles. The molecule has 172 valence electrons. The van der Waals surface area contributed by atoms with Crippen LogP contribution in [0.3, 0.4) is 0 Å². The van der Waals surface area contributed by atoms with Crippen molar-refractivity contribution in [2.45, 2.75) is 25.3 Å². The zero-order chi connectivity index (χ0) is 20.9. The summed E-state index contributed by atoms with van der Waals surface area (Å²) in [5.74, 6) is 2.28. The highest BCUT2D eigenvalue weighted by molar-refractivity contribution is 14.0. The summed E-state index contributed by atoms with van der Waals surface area (Å²) in [6, 6.07) is 8.88. The molecule has 0 amide bonds. The number of halogens is 1. The molecule has 0 bridgehead atoms. The van der Waals surface area contributed by atoms with Crippen LogP contribution in [0.5, 0.6) is 5.75 Å². The van der Waals surface area contributed by atoms with Crippen molar-refractivity contribution < 1.29 is 14.2 Å². The van der Waals surface area contributed by atoms with Gasteiger partial charge in [0, 0.05) is 39.9 Å². The van der Waals surface area contributed by atoms with Crippen LogP contribution in [0.15, 0.2) is 29.3 Å². The van der Waals surface area contributed by atoms with Crippen LogP contribution < -0.4 is 15.4 Å². The zero-order valence-corrected chi connectivity index (χ0v) is 21.2. The third-order valence-electron chi connectivity index (χ3n) is 5.41. The Balaban J connectivity index is 0.00000450. The van der Waals surface area contributed by atoms with Gasteiger partial charge in [0.25, 0.3) is 0 Å². The van der Waals surface area contributed by atoms with E-state index in [-0.39, 0.29) is 24.0 Å². The van der Waals surface area contributed by atoms with E-state index in [9.17, 15) is 0 Å². The first-order valence-corrected chi connectivity index (χ1v) is 10.5. The van der Waals surface area contributed by atoms with Gasteiger partial charge >= 0.3 is 0 Å². The maximum atomic E-state index is 5.50. The molecular weight excluding hydrogens is 495 g/mol. The van der Waals surface area contributed by atoms with Crippen LogP contribution in [0.2, 0.25) is 0 Å². The fraction of sp³-hybridized carbons (Fsp3) is 0.682. The van der Waals surface area contributed by atoms with E-state index < -0.39 is 0 Å². The minimum absolute atomic E-state index is 0. The molecule has 30 heavy (non-hydrogen) atoms. The maximum Gasteiger partial charge on any atom is 0.190 e. The second-order valence-corrected chi connectivity index (χ2v) is 7.44. The number of nitrogens with zero attached hydrogens (tertiary/aromatic N) is 2. The standard InChI is InChI=1S/C22H38N4O3.HI/c1-23-22(24-12-6-14-29-16-15-27-3)25-17-19-7-5-13-26(2)21(19)18-8-10-20(28-4)11-9-18;/h8-11,19,21H,5-7,12-17H2,1-4H3,(H2,23,24,25);1H. The van der Waals surface area contributed by atoms with Gasteiger partial charge in [0.15, 0.2) is 5.96 Å². The average Bonchev–Trinajstić information content (AvgIpc) is 2.75. The van der Waals surface area contributed by atoms with Gasteiger partial charge in [0.05, 0.1) is 20.3 Å². The van der Waals surface area contributed by atoms with Gasteiger partial charge in [-0.2, -0.15) is 0 Å². The van der Waals surface area contributed by atoms with Crippen molar-refractivity contribution in [3.05, 3.63) is 29.8 Å². The van der Waals surface area contributed by atoms with E-state index in [0.29, 0.717) is 25.2 Å². The number of aliphatic imine (C=N–C) groups is 1. The zero-order valence-electron chi connectivity index (χ0n) is 18.9. The van der Waals surface area contributed by atoms with Crippen LogP contribution in [0.25, 0.3) is 0 Å². The molecule has 2 rings (SSSR count). The summed E-state index contributed by atoms with van der Waals surface area (Å²) in [6.07, 6.45) is 3.36. The highest BCUT2D eigenvalue weighted by Crippen LogP contribution is 2.35. The molecule has 0 radical (unpaired) electrons. The van der Waals surface area contributed by atoms with E-state index in [1.165, 1.54) is 18.4 Å². The molecule has 1 aromatic rings. The van der Waals surface area contributed by atoms with Gasteiger partial charge in [-0.05, 0) is 56.5 Å². The van der Waals surface area contributed by atoms with Crippen molar-refractivity contribution in [2.75, 3.05) is 67.8 Å². The number of benzene rings is 1. The molecule has 0 aromatic heterocycles. The normalized spacial score (nSPS) is 19.8. The Hall–Kier alpha value is -1.10. The molecule has 2 atom stereocenters. The molecule has 1 fully saturated rings. The van der Waals surface area contributed by atoms with E-state index in [1.54, 1.807) is 14.2 Å². The summed E-state index contributed by atoms with van der Waals surface area (Å²) < 4.78 is 15.8. The molecule has 8 heteroatoms. The number of rotatable bonds is 11. The van der Waals surface area contributed by atoms with Gasteiger partial charge in [-0.25, -0.2) is 0 Å². The summed E-state index contributed by atoms with van der Waals surface area (Å²) in [5, 5.41) is 6.90. The van der Waals surface area contributed by atoms with E-state index in [4.69, 9.17) is 14.2 Å². The number of hydrogen-bond acceptors (Lipinski definition) is 5. The number of nitrogens with one attached hydrogen (secondary N) is 2. The lowest BCUT2D eigenvalue weighted by molar-refractivity contribution is 0.0698. The van der Waals surface area contributed by atoms with Crippen molar-refractivity contribution in [1.29, 1.82) is 0 Å². The molecule has 0 spiro atoms. The Labute approximate surface area is 199 Å². The van der Waals surface area contributed by atoms with Gasteiger partial charge in [-0.3, -0.25) is 9.89 Å². The number of hydrogen-bond donors (Lipinski definition) is 2. The number of guanidine groups is 1. The summed E-state index contributed by atoms with van der Waals surface area (Å²) in [4.78, 5) is 6.83. The lowest BCUT2D eigenvalue weighted by Crippen LogP contribution is -2.45. The van der Waals surface area contributed by atoms with E-state index in [0.717, 1.165) is 44.4 Å². The van der Waals surface area contributed by atoms with Crippen molar-refractivity contribution >= 4 is 29.9 Å². The minimum Gasteiger partial charge on any atom is -0.497 e. The van der Waals surface area contributed by atoms with Crippen LogP contribution in [0.4, 0.5) is 0 Å². The summed E-state index contributed by atoms with van der Waals surface area (Å²) in [6.45, 7) is 4.86. The van der Waals surface area contributed by atoms with Crippen molar-refractivity contribution in [2.24, 2.45) is 10.9 Å². The Morgan fingerprint density at radius 2 is 1.90 bits per heavy atom. The van der Waals surface area contributed by atoms with Gasteiger partial charge in [-0.1, -0.05) is 12.1 Å². The van der Waals surface area contributed by atoms with Crippen LogP contribution >= 0.6 is 24.0 Å². The number of piperidine rings is 1. The number of likely N-dealkylation sites (tertiary alicyclic amines) is 1. The quantitative estimate of drug-likeness (QED) is 0.197. The van der Waals surface area contributed by atoms with E-state index in [1.807, 2.05) is 7.05 Å². The Morgan fingerprint density at radius 3 is 2.57 bits per heavy atom. The molecular formula is C22H39IN4O3. The van der Waals surface area contributed by atoms with Crippen LogP contribution in [-0.4, -0.2) is 78.6 Å². The summed E-state index contributed by atoms with van der Waals surface area (Å²) >= 11 is 0. The molecule has 7 nitrogen and oxygen atoms in total. The number of ether oxygens (including phenoxy) is 3. The Morgan fingerprint density at radius 1 is 1.13 bits per heavy atom. The Bertz CT molecular complexity index is 601. The summed E-state index contributed by atoms with van der Waals surface area (Å²) in [5.41, 5.74) is 1.34. The predicted molar refractivity (Wildman–Crippen MR) is 133 cm³/mol. The lowest BCUT2D eigenvalue weighted by atomic mass is 9.85. The third-order valence-corrected chi connectivity index (χ3v) is 5.41. The third kappa shape index (κ3) is 8.95. The van der Waals surface area contributed by atoms with Gasteiger partial charge < -0.3 is 24.8 Å². The monoisotopic (exact) mass is 534 g/mol.